The lowest BCUT2D eigenvalue weighted by Gasteiger charge is -1.84. The lowest BCUT2D eigenvalue weighted by molar-refractivity contribution is -0.401. The van der Waals surface area contributed by atoms with E-state index >= 15 is 0 Å². The Morgan fingerprint density at radius 2 is 2.42 bits per heavy atom. The fourth-order valence-electron chi connectivity index (χ4n) is 0.703. The van der Waals surface area contributed by atoms with Gasteiger partial charge in [-0.1, -0.05) is 0 Å². The molecule has 0 aromatic carbocycles. The Bertz CT molecular complexity index is 302. The predicted molar refractivity (Wildman–Crippen MR) is 40.7 cm³/mol. The summed E-state index contributed by atoms with van der Waals surface area (Å²) < 4.78 is 4.94. The summed E-state index contributed by atoms with van der Waals surface area (Å²) in [5, 5.41) is 18.5. The van der Waals surface area contributed by atoms with E-state index in [0.29, 0.717) is 11.5 Å². The van der Waals surface area contributed by atoms with Gasteiger partial charge >= 0.3 is 0 Å². The summed E-state index contributed by atoms with van der Waals surface area (Å²) in [7, 11) is 0. The van der Waals surface area contributed by atoms with Crippen molar-refractivity contribution in [2.75, 3.05) is 0 Å². The van der Waals surface area contributed by atoms with Gasteiger partial charge in [0.05, 0.1) is 11.0 Å². The second kappa shape index (κ2) is 3.68. The molecule has 0 bridgehead atoms. The molecule has 5 nitrogen and oxygen atoms in total. The largest absolute Gasteiger partial charge is 0.459 e. The second-order valence-corrected chi connectivity index (χ2v) is 2.06. The van der Waals surface area contributed by atoms with Crippen molar-refractivity contribution in [3.8, 4) is 0 Å². The molecule has 64 valence electrons. The molecule has 1 N–H and O–H groups in total. The van der Waals surface area contributed by atoms with Gasteiger partial charge in [-0.05, 0) is 12.1 Å². The van der Waals surface area contributed by atoms with E-state index < -0.39 is 4.92 Å². The van der Waals surface area contributed by atoms with E-state index in [2.05, 4.69) is 0 Å². The summed E-state index contributed by atoms with van der Waals surface area (Å²) in [6.07, 6.45) is 2.00. The van der Waals surface area contributed by atoms with E-state index in [1.807, 2.05) is 0 Å². The third kappa shape index (κ3) is 2.21. The highest BCUT2D eigenvalue weighted by Crippen LogP contribution is 2.08. The first kappa shape index (κ1) is 8.48. The van der Waals surface area contributed by atoms with Crippen molar-refractivity contribution in [2.24, 2.45) is 0 Å². The first-order chi connectivity index (χ1) is 5.72. The quantitative estimate of drug-likeness (QED) is 0.541. The van der Waals surface area contributed by atoms with Crippen molar-refractivity contribution >= 4 is 6.08 Å². The zero-order valence-corrected chi connectivity index (χ0v) is 6.14. The molecule has 0 fully saturated rings. The van der Waals surface area contributed by atoms with E-state index in [1.54, 1.807) is 12.1 Å². The van der Waals surface area contributed by atoms with Crippen LogP contribution in [0.15, 0.2) is 22.7 Å². The first-order valence-corrected chi connectivity index (χ1v) is 3.23. The van der Waals surface area contributed by atoms with Crippen molar-refractivity contribution in [1.29, 1.82) is 0 Å². The van der Waals surface area contributed by atoms with E-state index in [1.165, 1.54) is 6.08 Å². The number of furan rings is 1. The number of hydrogen-bond donors (Lipinski definition) is 1. The SMILES string of the molecule is O=[N+]([O-])C=Cc1ccc(CO)o1. The zero-order chi connectivity index (χ0) is 8.97. The fraction of sp³-hybridized carbons (Fsp3) is 0.143. The van der Waals surface area contributed by atoms with Gasteiger partial charge in [0.1, 0.15) is 18.1 Å². The summed E-state index contributed by atoms with van der Waals surface area (Å²) in [4.78, 5) is 9.29. The van der Waals surface area contributed by atoms with Crippen LogP contribution in [0.1, 0.15) is 11.5 Å². The number of nitro groups is 1. The number of aliphatic hydroxyl groups is 1. The highest BCUT2D eigenvalue weighted by atomic mass is 16.6. The minimum atomic E-state index is -0.582. The Morgan fingerprint density at radius 1 is 1.67 bits per heavy atom. The lowest BCUT2D eigenvalue weighted by atomic mass is 10.4. The maximum Gasteiger partial charge on any atom is 0.238 e. The minimum absolute atomic E-state index is 0.202. The summed E-state index contributed by atoms with van der Waals surface area (Å²) in [5.41, 5.74) is 0. The van der Waals surface area contributed by atoms with Crippen LogP contribution in [0.4, 0.5) is 0 Å². The first-order valence-electron chi connectivity index (χ1n) is 3.23. The van der Waals surface area contributed by atoms with Crippen molar-refractivity contribution in [3.63, 3.8) is 0 Å². The molecule has 0 aliphatic carbocycles. The molecule has 1 heterocycles. The standard InChI is InChI=1S/C7H7NO4/c9-5-7-2-1-6(12-7)3-4-8(10)11/h1-4,9H,5H2. The summed E-state index contributed by atoms with van der Waals surface area (Å²) in [5.74, 6) is 0.744. The molecule has 0 amide bonds. The van der Waals surface area contributed by atoms with Crippen LogP contribution in [-0.2, 0) is 6.61 Å². The van der Waals surface area contributed by atoms with Gasteiger partial charge in [-0.25, -0.2) is 0 Å². The van der Waals surface area contributed by atoms with Gasteiger partial charge in [0, 0.05) is 0 Å². The molecule has 0 unspecified atom stereocenters. The Hall–Kier alpha value is -1.62. The third-order valence-electron chi connectivity index (χ3n) is 1.20. The van der Waals surface area contributed by atoms with Gasteiger partial charge in [0.2, 0.25) is 6.20 Å². The van der Waals surface area contributed by atoms with E-state index in [-0.39, 0.29) is 6.61 Å². The predicted octanol–water partition coefficient (Wildman–Crippen LogP) is 1.02. The molecule has 0 aliphatic heterocycles. The second-order valence-electron chi connectivity index (χ2n) is 2.06. The van der Waals surface area contributed by atoms with Crippen molar-refractivity contribution in [2.45, 2.75) is 6.61 Å². The summed E-state index contributed by atoms with van der Waals surface area (Å²) in [6, 6.07) is 3.10. The lowest BCUT2D eigenvalue weighted by Crippen LogP contribution is -1.81. The van der Waals surface area contributed by atoms with Gasteiger partial charge < -0.3 is 9.52 Å². The fourth-order valence-corrected chi connectivity index (χ4v) is 0.703. The van der Waals surface area contributed by atoms with Crippen molar-refractivity contribution < 1.29 is 14.4 Å². The van der Waals surface area contributed by atoms with Gasteiger partial charge in [0.25, 0.3) is 0 Å². The minimum Gasteiger partial charge on any atom is -0.459 e. The number of hydrogen-bond acceptors (Lipinski definition) is 4. The Kier molecular flexibility index (Phi) is 2.60. The molecule has 12 heavy (non-hydrogen) atoms. The van der Waals surface area contributed by atoms with Gasteiger partial charge in [-0.2, -0.15) is 0 Å². The average Bonchev–Trinajstić information content (AvgIpc) is 2.48. The molecular weight excluding hydrogens is 162 g/mol. The topological polar surface area (TPSA) is 76.5 Å². The molecule has 0 saturated carbocycles. The van der Waals surface area contributed by atoms with Crippen LogP contribution in [0, 0.1) is 10.1 Å². The van der Waals surface area contributed by atoms with Crippen LogP contribution in [0.25, 0.3) is 6.08 Å². The van der Waals surface area contributed by atoms with Crippen LogP contribution in [-0.4, -0.2) is 10.0 Å². The average molecular weight is 169 g/mol. The van der Waals surface area contributed by atoms with E-state index in [0.717, 1.165) is 6.20 Å². The Balaban J connectivity index is 2.70. The van der Waals surface area contributed by atoms with Crippen LogP contribution < -0.4 is 0 Å². The highest BCUT2D eigenvalue weighted by Gasteiger charge is 1.97. The smallest absolute Gasteiger partial charge is 0.238 e. The maximum atomic E-state index is 9.88. The highest BCUT2D eigenvalue weighted by molar-refractivity contribution is 5.41. The Labute approximate surface area is 68.1 Å². The van der Waals surface area contributed by atoms with Gasteiger partial charge in [-0.3, -0.25) is 10.1 Å². The normalized spacial score (nSPS) is 10.8. The molecular formula is C7H7NO4. The van der Waals surface area contributed by atoms with Gasteiger partial charge in [0.15, 0.2) is 0 Å². The van der Waals surface area contributed by atoms with Crippen LogP contribution in [0.3, 0.4) is 0 Å². The molecule has 0 aliphatic rings. The Morgan fingerprint density at radius 3 is 2.92 bits per heavy atom. The van der Waals surface area contributed by atoms with Crippen molar-refractivity contribution in [3.05, 3.63) is 40.0 Å². The van der Waals surface area contributed by atoms with Crippen LogP contribution in [0.5, 0.6) is 0 Å². The van der Waals surface area contributed by atoms with Crippen LogP contribution in [0.2, 0.25) is 0 Å². The molecule has 0 radical (unpaired) electrons. The summed E-state index contributed by atoms with van der Waals surface area (Å²) in [6.45, 7) is -0.202. The molecule has 5 heteroatoms. The monoisotopic (exact) mass is 169 g/mol. The molecule has 1 aromatic heterocycles. The van der Waals surface area contributed by atoms with Crippen LogP contribution >= 0.6 is 0 Å². The van der Waals surface area contributed by atoms with Crippen molar-refractivity contribution in [1.82, 2.24) is 0 Å². The third-order valence-corrected chi connectivity index (χ3v) is 1.20. The number of nitrogens with zero attached hydrogens (tertiary/aromatic N) is 1. The van der Waals surface area contributed by atoms with Gasteiger partial charge in [-0.15, -0.1) is 0 Å². The molecule has 1 rings (SSSR count). The number of aliphatic hydroxyl groups excluding tert-OH is 1. The summed E-state index contributed by atoms with van der Waals surface area (Å²) >= 11 is 0. The number of rotatable bonds is 3. The van der Waals surface area contributed by atoms with E-state index in [9.17, 15) is 10.1 Å². The molecule has 0 atom stereocenters. The van der Waals surface area contributed by atoms with E-state index in [4.69, 9.17) is 9.52 Å². The maximum absolute atomic E-state index is 9.88. The molecule has 0 saturated heterocycles. The molecule has 0 spiro atoms. The zero-order valence-electron chi connectivity index (χ0n) is 6.14. The molecule has 1 aromatic rings.